The monoisotopic (exact) mass is 298 g/mol. The van der Waals surface area contributed by atoms with Crippen LogP contribution in [-0.4, -0.2) is 9.97 Å². The van der Waals surface area contributed by atoms with Gasteiger partial charge >= 0.3 is 0 Å². The Morgan fingerprint density at radius 1 is 0.870 bits per heavy atom. The second-order valence-electron chi connectivity index (χ2n) is 5.92. The highest BCUT2D eigenvalue weighted by Crippen LogP contribution is 2.26. The molecule has 0 bridgehead atoms. The maximum Gasteiger partial charge on any atom is 0.159 e. The molecule has 1 aromatic heterocycles. The summed E-state index contributed by atoms with van der Waals surface area (Å²) in [5.74, 6) is 0.823. The largest absolute Gasteiger partial charge is 0.233 e. The number of rotatable bonds is 2. The first kappa shape index (κ1) is 13.9. The first-order valence-corrected chi connectivity index (χ1v) is 8.01. The molecular weight excluding hydrogens is 280 g/mol. The molecule has 0 unspecified atom stereocenters. The lowest BCUT2D eigenvalue weighted by molar-refractivity contribution is 1.02. The molecule has 112 valence electrons. The highest BCUT2D eigenvalue weighted by atomic mass is 14.9. The van der Waals surface area contributed by atoms with Crippen LogP contribution in [0, 0.1) is 6.92 Å². The van der Waals surface area contributed by atoms with E-state index in [1.165, 1.54) is 10.8 Å². The second kappa shape index (κ2) is 5.81. The first-order chi connectivity index (χ1) is 11.3. The van der Waals surface area contributed by atoms with Gasteiger partial charge in [-0.1, -0.05) is 54.6 Å². The van der Waals surface area contributed by atoms with Crippen molar-refractivity contribution in [2.45, 2.75) is 19.8 Å². The molecule has 2 heteroatoms. The van der Waals surface area contributed by atoms with Crippen molar-refractivity contribution in [3.63, 3.8) is 0 Å². The molecule has 2 aromatic carbocycles. The zero-order chi connectivity index (χ0) is 15.6. The van der Waals surface area contributed by atoms with Gasteiger partial charge < -0.3 is 0 Å². The summed E-state index contributed by atoms with van der Waals surface area (Å²) in [6, 6.07) is 17.0. The van der Waals surface area contributed by atoms with E-state index in [9.17, 15) is 0 Å². The quantitative estimate of drug-likeness (QED) is 0.638. The predicted molar refractivity (Wildman–Crippen MR) is 96.1 cm³/mol. The molecule has 0 spiro atoms. The number of nitrogens with zero attached hydrogens (tertiary/aromatic N) is 2. The van der Waals surface area contributed by atoms with Gasteiger partial charge in [0.2, 0.25) is 0 Å². The van der Waals surface area contributed by atoms with Gasteiger partial charge in [-0.3, -0.25) is 0 Å². The third kappa shape index (κ3) is 2.80. The molecule has 0 fully saturated rings. The summed E-state index contributed by atoms with van der Waals surface area (Å²) in [5, 5.41) is 2.49. The third-order valence-electron chi connectivity index (χ3n) is 4.15. The van der Waals surface area contributed by atoms with Gasteiger partial charge in [0.15, 0.2) is 5.82 Å². The van der Waals surface area contributed by atoms with Crippen molar-refractivity contribution >= 4 is 16.3 Å². The van der Waals surface area contributed by atoms with Crippen LogP contribution < -0.4 is 0 Å². The fourth-order valence-electron chi connectivity index (χ4n) is 2.97. The number of benzene rings is 2. The van der Waals surface area contributed by atoms with Crippen LogP contribution in [-0.2, 0) is 0 Å². The van der Waals surface area contributed by atoms with E-state index in [-0.39, 0.29) is 0 Å². The normalized spacial score (nSPS) is 14.0. The average Bonchev–Trinajstić information content (AvgIpc) is 2.61. The molecule has 0 amide bonds. The Bertz CT molecular complexity index is 935. The van der Waals surface area contributed by atoms with E-state index in [1.807, 2.05) is 6.92 Å². The summed E-state index contributed by atoms with van der Waals surface area (Å²) < 4.78 is 0. The van der Waals surface area contributed by atoms with Crippen LogP contribution in [0.2, 0.25) is 0 Å². The highest BCUT2D eigenvalue weighted by Gasteiger charge is 2.09. The number of fused-ring (bicyclic) bond motifs is 1. The summed E-state index contributed by atoms with van der Waals surface area (Å²) >= 11 is 0. The fourth-order valence-corrected chi connectivity index (χ4v) is 2.97. The zero-order valence-corrected chi connectivity index (χ0v) is 13.2. The SMILES string of the molecule is Cc1cc(-c2ccc3ccccc3c2)nc(C2=CCCC=C2)n1. The maximum absolute atomic E-state index is 4.80. The number of hydrogen-bond acceptors (Lipinski definition) is 2. The maximum atomic E-state index is 4.80. The Labute approximate surface area is 136 Å². The van der Waals surface area contributed by atoms with E-state index in [1.54, 1.807) is 0 Å². The Kier molecular flexibility index (Phi) is 3.51. The lowest BCUT2D eigenvalue weighted by Gasteiger charge is -2.10. The van der Waals surface area contributed by atoms with Crippen molar-refractivity contribution < 1.29 is 0 Å². The van der Waals surface area contributed by atoms with E-state index in [2.05, 4.69) is 71.7 Å². The minimum absolute atomic E-state index is 0.823. The van der Waals surface area contributed by atoms with Crippen LogP contribution in [0.5, 0.6) is 0 Å². The molecule has 1 aliphatic rings. The van der Waals surface area contributed by atoms with Crippen molar-refractivity contribution in [1.82, 2.24) is 9.97 Å². The summed E-state index contributed by atoms with van der Waals surface area (Å²) in [7, 11) is 0. The Morgan fingerprint density at radius 3 is 2.57 bits per heavy atom. The molecule has 0 aliphatic heterocycles. The Hall–Kier alpha value is -2.74. The molecule has 1 heterocycles. The molecule has 1 aliphatic carbocycles. The minimum atomic E-state index is 0.823. The van der Waals surface area contributed by atoms with E-state index >= 15 is 0 Å². The standard InChI is InChI=1S/C21H18N2/c1-15-13-20(23-21(22-15)17-8-3-2-4-9-17)19-12-11-16-7-5-6-10-18(16)14-19/h3,5-14H,2,4H2,1H3. The van der Waals surface area contributed by atoms with Gasteiger partial charge in [0, 0.05) is 16.8 Å². The van der Waals surface area contributed by atoms with Gasteiger partial charge in [-0.05, 0) is 42.7 Å². The molecule has 2 nitrogen and oxygen atoms in total. The highest BCUT2D eigenvalue weighted by molar-refractivity contribution is 5.87. The van der Waals surface area contributed by atoms with E-state index < -0.39 is 0 Å². The van der Waals surface area contributed by atoms with Crippen LogP contribution in [0.3, 0.4) is 0 Å². The minimum Gasteiger partial charge on any atom is -0.233 e. The van der Waals surface area contributed by atoms with Crippen LogP contribution in [0.15, 0.2) is 66.8 Å². The molecule has 0 radical (unpaired) electrons. The lowest BCUT2D eigenvalue weighted by atomic mass is 10.0. The lowest BCUT2D eigenvalue weighted by Crippen LogP contribution is -1.99. The van der Waals surface area contributed by atoms with Crippen LogP contribution in [0.1, 0.15) is 24.4 Å². The van der Waals surface area contributed by atoms with Crippen LogP contribution in [0.25, 0.3) is 27.6 Å². The molecule has 0 N–H and O–H groups in total. The summed E-state index contributed by atoms with van der Waals surface area (Å²) in [6.45, 7) is 2.03. The van der Waals surface area contributed by atoms with Gasteiger partial charge in [0.1, 0.15) is 0 Å². The number of allylic oxidation sites excluding steroid dienone is 4. The molecule has 0 atom stereocenters. The Morgan fingerprint density at radius 2 is 1.74 bits per heavy atom. The number of aromatic nitrogens is 2. The topological polar surface area (TPSA) is 25.8 Å². The second-order valence-corrected chi connectivity index (χ2v) is 5.92. The van der Waals surface area contributed by atoms with Crippen LogP contribution in [0.4, 0.5) is 0 Å². The van der Waals surface area contributed by atoms with Crippen molar-refractivity contribution in [3.8, 4) is 11.3 Å². The molecule has 23 heavy (non-hydrogen) atoms. The van der Waals surface area contributed by atoms with Gasteiger partial charge in [-0.2, -0.15) is 0 Å². The predicted octanol–water partition coefficient (Wildman–Crippen LogP) is 5.34. The molecule has 0 saturated carbocycles. The number of hydrogen-bond donors (Lipinski definition) is 0. The third-order valence-corrected chi connectivity index (χ3v) is 4.15. The van der Waals surface area contributed by atoms with Crippen molar-refractivity contribution in [2.75, 3.05) is 0 Å². The Balaban J connectivity index is 1.82. The molecule has 3 aromatic rings. The van der Waals surface area contributed by atoms with Crippen molar-refractivity contribution in [3.05, 3.63) is 78.3 Å². The molecular formula is C21H18N2. The summed E-state index contributed by atoms with van der Waals surface area (Å²) in [4.78, 5) is 9.42. The smallest absolute Gasteiger partial charge is 0.159 e. The van der Waals surface area contributed by atoms with E-state index in [4.69, 9.17) is 4.98 Å². The molecule has 0 saturated heterocycles. The zero-order valence-electron chi connectivity index (χ0n) is 13.2. The van der Waals surface area contributed by atoms with Crippen molar-refractivity contribution in [2.24, 2.45) is 0 Å². The van der Waals surface area contributed by atoms with E-state index in [0.717, 1.165) is 41.2 Å². The fraction of sp³-hybridized carbons (Fsp3) is 0.143. The van der Waals surface area contributed by atoms with Gasteiger partial charge in [-0.25, -0.2) is 9.97 Å². The van der Waals surface area contributed by atoms with Gasteiger partial charge in [0.05, 0.1) is 5.69 Å². The van der Waals surface area contributed by atoms with Crippen molar-refractivity contribution in [1.29, 1.82) is 0 Å². The van der Waals surface area contributed by atoms with E-state index in [0.29, 0.717) is 0 Å². The summed E-state index contributed by atoms with van der Waals surface area (Å²) in [5.41, 5.74) is 4.24. The average molecular weight is 298 g/mol. The molecule has 4 rings (SSSR count). The van der Waals surface area contributed by atoms with Gasteiger partial charge in [-0.15, -0.1) is 0 Å². The van der Waals surface area contributed by atoms with Gasteiger partial charge in [0.25, 0.3) is 0 Å². The van der Waals surface area contributed by atoms with Crippen LogP contribution >= 0.6 is 0 Å². The summed E-state index contributed by atoms with van der Waals surface area (Å²) in [6.07, 6.45) is 8.71. The number of aryl methyl sites for hydroxylation is 1. The first-order valence-electron chi connectivity index (χ1n) is 8.01.